The van der Waals surface area contributed by atoms with Gasteiger partial charge in [0.25, 0.3) is 0 Å². The number of benzene rings is 1. The summed E-state index contributed by atoms with van der Waals surface area (Å²) in [6, 6.07) is 5.59. The highest BCUT2D eigenvalue weighted by molar-refractivity contribution is 5.85. The highest BCUT2D eigenvalue weighted by Gasteiger charge is 2.22. The lowest BCUT2D eigenvalue weighted by Gasteiger charge is -2.33. The van der Waals surface area contributed by atoms with Gasteiger partial charge in [-0.25, -0.2) is 4.98 Å². The monoisotopic (exact) mass is 413 g/mol. The fourth-order valence-corrected chi connectivity index (χ4v) is 3.28. The van der Waals surface area contributed by atoms with Crippen molar-refractivity contribution in [3.05, 3.63) is 57.6 Å². The Bertz CT molecular complexity index is 1010. The number of ether oxygens (including phenoxy) is 1. The fraction of sp³-hybridized carbons (Fsp3) is 0.353. The van der Waals surface area contributed by atoms with Crippen LogP contribution in [0.1, 0.15) is 13.1 Å². The maximum Gasteiger partial charge on any atom is 0.318 e. The Balaban J connectivity index is 0.00000131. The third-order valence-corrected chi connectivity index (χ3v) is 4.65. The summed E-state index contributed by atoms with van der Waals surface area (Å²) in [7, 11) is 0. The highest BCUT2D eigenvalue weighted by atomic mass is 35.5. The summed E-state index contributed by atoms with van der Waals surface area (Å²) in [5.74, 6) is 0. The molecule has 0 amide bonds. The molecule has 0 spiro atoms. The van der Waals surface area contributed by atoms with Gasteiger partial charge in [0.2, 0.25) is 0 Å². The number of aromatic nitrogens is 4. The van der Waals surface area contributed by atoms with Crippen LogP contribution in [0.4, 0.5) is 0 Å². The Hall–Kier alpha value is -2.13. The third-order valence-electron chi connectivity index (χ3n) is 4.65. The van der Waals surface area contributed by atoms with Crippen LogP contribution < -0.4 is 11.1 Å². The lowest BCUT2D eigenvalue weighted by molar-refractivity contribution is 0.00382. The number of rotatable bonds is 3. The van der Waals surface area contributed by atoms with Gasteiger partial charge in [-0.3, -0.25) is 19.1 Å². The largest absolute Gasteiger partial charge is 0.379 e. The highest BCUT2D eigenvalue weighted by Crippen LogP contribution is 2.20. The number of hydrogen-bond donors (Lipinski definition) is 1. The molecule has 1 fully saturated rings. The second kappa shape index (κ2) is 8.71. The summed E-state index contributed by atoms with van der Waals surface area (Å²) in [5.41, 5.74) is 1.04. The number of nitrogens with zero attached hydrogens (tertiary/aromatic N) is 4. The van der Waals surface area contributed by atoms with E-state index in [1.54, 1.807) is 17.1 Å². The van der Waals surface area contributed by atoms with Gasteiger partial charge >= 0.3 is 11.1 Å². The number of halogens is 2. The lowest BCUT2D eigenvalue weighted by atomic mass is 10.2. The second-order valence-electron chi connectivity index (χ2n) is 6.08. The SMILES string of the molecule is CC(N1CCOCC1)n1c(=O)c(=O)[nH]c2ccc(-n3ccnc3)cc21.Cl.Cl. The summed E-state index contributed by atoms with van der Waals surface area (Å²) in [6.45, 7) is 4.64. The van der Waals surface area contributed by atoms with E-state index in [9.17, 15) is 9.59 Å². The summed E-state index contributed by atoms with van der Waals surface area (Å²) >= 11 is 0. The number of hydrogen-bond acceptors (Lipinski definition) is 5. The Morgan fingerprint density at radius 2 is 1.93 bits per heavy atom. The Labute approximate surface area is 167 Å². The van der Waals surface area contributed by atoms with Gasteiger partial charge < -0.3 is 14.3 Å². The average molecular weight is 414 g/mol. The molecule has 1 aliphatic rings. The molecule has 1 N–H and O–H groups in total. The van der Waals surface area contributed by atoms with Crippen molar-refractivity contribution in [1.82, 2.24) is 24.0 Å². The standard InChI is InChI=1S/C17H19N5O3.2ClH/c1-12(20-6-8-25-9-7-20)22-15-10-13(21-5-4-18-11-21)2-3-14(15)19-16(23)17(22)24;;/h2-5,10-12H,6-9H2,1H3,(H,19,23);2*1H. The Kier molecular flexibility index (Phi) is 6.83. The molecule has 3 aromatic rings. The van der Waals surface area contributed by atoms with Gasteiger partial charge in [0.05, 0.1) is 36.7 Å². The van der Waals surface area contributed by atoms with Gasteiger partial charge in [-0.1, -0.05) is 0 Å². The first-order valence-electron chi connectivity index (χ1n) is 8.24. The maximum absolute atomic E-state index is 12.6. The predicted octanol–water partition coefficient (Wildman–Crippen LogP) is 1.57. The van der Waals surface area contributed by atoms with E-state index in [1.807, 2.05) is 35.9 Å². The van der Waals surface area contributed by atoms with E-state index in [0.29, 0.717) is 24.2 Å². The zero-order valence-electron chi connectivity index (χ0n) is 14.7. The molecule has 146 valence electrons. The van der Waals surface area contributed by atoms with Crippen molar-refractivity contribution in [2.24, 2.45) is 0 Å². The summed E-state index contributed by atoms with van der Waals surface area (Å²) in [4.78, 5) is 33.6. The lowest BCUT2D eigenvalue weighted by Crippen LogP contribution is -2.46. The predicted molar refractivity (Wildman–Crippen MR) is 108 cm³/mol. The van der Waals surface area contributed by atoms with Gasteiger partial charge in [-0.15, -0.1) is 24.8 Å². The van der Waals surface area contributed by atoms with Crippen LogP contribution in [-0.4, -0.2) is 50.3 Å². The van der Waals surface area contributed by atoms with Crippen LogP contribution >= 0.6 is 24.8 Å². The van der Waals surface area contributed by atoms with Crippen molar-refractivity contribution >= 4 is 35.8 Å². The normalized spacial score (nSPS) is 15.7. The van der Waals surface area contributed by atoms with E-state index in [0.717, 1.165) is 18.8 Å². The minimum atomic E-state index is -0.608. The molecule has 4 rings (SSSR count). The van der Waals surface area contributed by atoms with E-state index in [2.05, 4.69) is 14.9 Å². The molecular weight excluding hydrogens is 393 g/mol. The zero-order valence-corrected chi connectivity index (χ0v) is 16.3. The van der Waals surface area contributed by atoms with E-state index in [4.69, 9.17) is 4.74 Å². The topological polar surface area (TPSA) is 85.1 Å². The van der Waals surface area contributed by atoms with Crippen LogP contribution in [0.25, 0.3) is 16.7 Å². The van der Waals surface area contributed by atoms with E-state index in [-0.39, 0.29) is 31.0 Å². The number of nitrogens with one attached hydrogen (secondary N) is 1. The van der Waals surface area contributed by atoms with Gasteiger partial charge in [0.15, 0.2) is 0 Å². The van der Waals surface area contributed by atoms with Crippen molar-refractivity contribution in [3.8, 4) is 5.69 Å². The van der Waals surface area contributed by atoms with Gasteiger partial charge in [0.1, 0.15) is 0 Å². The first kappa shape index (κ1) is 21.2. The first-order valence-corrected chi connectivity index (χ1v) is 8.24. The Morgan fingerprint density at radius 1 is 1.19 bits per heavy atom. The first-order chi connectivity index (χ1) is 12.1. The summed E-state index contributed by atoms with van der Waals surface area (Å²) in [6.07, 6.45) is 4.99. The van der Waals surface area contributed by atoms with Crippen LogP contribution in [0.15, 0.2) is 46.5 Å². The summed E-state index contributed by atoms with van der Waals surface area (Å²) in [5, 5.41) is 0. The molecule has 1 unspecified atom stereocenters. The minimum Gasteiger partial charge on any atom is -0.379 e. The molecular formula is C17H21Cl2N5O3. The molecule has 1 aliphatic heterocycles. The van der Waals surface area contributed by atoms with Gasteiger partial charge in [0, 0.05) is 31.2 Å². The molecule has 8 nitrogen and oxygen atoms in total. The molecule has 1 atom stereocenters. The molecule has 0 saturated carbocycles. The number of H-pyrrole nitrogens is 1. The number of morpholine rings is 1. The Morgan fingerprint density at radius 3 is 2.59 bits per heavy atom. The molecule has 27 heavy (non-hydrogen) atoms. The van der Waals surface area contributed by atoms with Crippen LogP contribution in [-0.2, 0) is 4.74 Å². The molecule has 1 saturated heterocycles. The quantitative estimate of drug-likeness (QED) is 0.658. The fourth-order valence-electron chi connectivity index (χ4n) is 3.28. The third kappa shape index (κ3) is 3.93. The number of imidazole rings is 1. The molecule has 3 heterocycles. The van der Waals surface area contributed by atoms with Crippen LogP contribution in [0.5, 0.6) is 0 Å². The molecule has 2 aromatic heterocycles. The maximum atomic E-state index is 12.6. The number of aromatic amines is 1. The second-order valence-corrected chi connectivity index (χ2v) is 6.08. The molecule has 10 heteroatoms. The molecule has 0 bridgehead atoms. The van der Waals surface area contributed by atoms with Gasteiger partial charge in [-0.2, -0.15) is 0 Å². The molecule has 1 aromatic carbocycles. The van der Waals surface area contributed by atoms with E-state index in [1.165, 1.54) is 0 Å². The smallest absolute Gasteiger partial charge is 0.318 e. The van der Waals surface area contributed by atoms with Crippen LogP contribution in [0.3, 0.4) is 0 Å². The van der Waals surface area contributed by atoms with Crippen molar-refractivity contribution in [2.45, 2.75) is 13.1 Å². The number of fused-ring (bicyclic) bond motifs is 1. The van der Waals surface area contributed by atoms with E-state index < -0.39 is 11.1 Å². The van der Waals surface area contributed by atoms with Crippen molar-refractivity contribution in [3.63, 3.8) is 0 Å². The molecule has 0 radical (unpaired) electrons. The summed E-state index contributed by atoms with van der Waals surface area (Å²) < 4.78 is 8.82. The average Bonchev–Trinajstić information content (AvgIpc) is 3.17. The van der Waals surface area contributed by atoms with Crippen molar-refractivity contribution < 1.29 is 4.74 Å². The minimum absolute atomic E-state index is 0. The van der Waals surface area contributed by atoms with Gasteiger partial charge in [-0.05, 0) is 25.1 Å². The van der Waals surface area contributed by atoms with Crippen LogP contribution in [0.2, 0.25) is 0 Å². The molecule has 0 aliphatic carbocycles. The van der Waals surface area contributed by atoms with Crippen molar-refractivity contribution in [2.75, 3.05) is 26.3 Å². The zero-order chi connectivity index (χ0) is 17.4. The van der Waals surface area contributed by atoms with E-state index >= 15 is 0 Å². The van der Waals surface area contributed by atoms with Crippen molar-refractivity contribution in [1.29, 1.82) is 0 Å². The van der Waals surface area contributed by atoms with Crippen LogP contribution in [0, 0.1) is 0 Å².